The summed E-state index contributed by atoms with van der Waals surface area (Å²) >= 11 is 0. The van der Waals surface area contributed by atoms with Crippen LogP contribution in [-0.4, -0.2) is 63.6 Å². The molecule has 2 heterocycles. The Labute approximate surface area is 173 Å². The van der Waals surface area contributed by atoms with Gasteiger partial charge in [0.25, 0.3) is 0 Å². The molecule has 0 N–H and O–H groups in total. The molecule has 2 aromatic rings. The van der Waals surface area contributed by atoms with Gasteiger partial charge in [-0.2, -0.15) is 4.31 Å². The zero-order chi connectivity index (χ0) is 20.1. The van der Waals surface area contributed by atoms with Crippen LogP contribution >= 0.6 is 0 Å². The van der Waals surface area contributed by atoms with Gasteiger partial charge in [-0.15, -0.1) is 0 Å². The van der Waals surface area contributed by atoms with E-state index in [4.69, 9.17) is 9.47 Å². The Kier molecular flexibility index (Phi) is 6.37. The molecule has 6 nitrogen and oxygen atoms in total. The van der Waals surface area contributed by atoms with Crippen molar-refractivity contribution in [3.8, 4) is 11.5 Å². The van der Waals surface area contributed by atoms with Crippen molar-refractivity contribution in [1.29, 1.82) is 0 Å². The van der Waals surface area contributed by atoms with E-state index in [2.05, 4.69) is 29.2 Å². The number of benzene rings is 2. The summed E-state index contributed by atoms with van der Waals surface area (Å²) in [6, 6.07) is 15.4. The fraction of sp³-hybridized carbons (Fsp3) is 0.455. The van der Waals surface area contributed by atoms with Gasteiger partial charge in [-0.3, -0.25) is 0 Å². The summed E-state index contributed by atoms with van der Waals surface area (Å²) in [6.07, 6.45) is 2.93. The molecule has 0 atom stereocenters. The molecule has 2 aromatic carbocycles. The van der Waals surface area contributed by atoms with Crippen molar-refractivity contribution in [2.75, 3.05) is 45.9 Å². The number of ether oxygens (including phenoxy) is 2. The fourth-order valence-electron chi connectivity index (χ4n) is 3.80. The maximum Gasteiger partial charge on any atom is 0.243 e. The van der Waals surface area contributed by atoms with Crippen molar-refractivity contribution in [3.05, 3.63) is 54.1 Å². The van der Waals surface area contributed by atoms with Crippen molar-refractivity contribution >= 4 is 10.0 Å². The number of hydrogen-bond donors (Lipinski definition) is 0. The first-order chi connectivity index (χ1) is 14.1. The Bertz CT molecular complexity index is 910. The molecule has 0 spiro atoms. The highest BCUT2D eigenvalue weighted by atomic mass is 32.2. The van der Waals surface area contributed by atoms with E-state index in [1.54, 1.807) is 22.5 Å². The normalized spacial score (nSPS) is 18.3. The Balaban J connectivity index is 1.32. The largest absolute Gasteiger partial charge is 0.490 e. The van der Waals surface area contributed by atoms with E-state index in [0.717, 1.165) is 38.9 Å². The number of fused-ring (bicyclic) bond motifs is 1. The highest BCUT2D eigenvalue weighted by Crippen LogP contribution is 2.33. The summed E-state index contributed by atoms with van der Waals surface area (Å²) in [6.45, 7) is 4.68. The summed E-state index contributed by atoms with van der Waals surface area (Å²) in [7, 11) is -3.52. The van der Waals surface area contributed by atoms with E-state index in [9.17, 15) is 8.42 Å². The van der Waals surface area contributed by atoms with Gasteiger partial charge in [-0.25, -0.2) is 8.42 Å². The van der Waals surface area contributed by atoms with Crippen LogP contribution < -0.4 is 9.47 Å². The lowest BCUT2D eigenvalue weighted by atomic mass is 10.1. The number of piperazine rings is 1. The molecule has 0 unspecified atom stereocenters. The summed E-state index contributed by atoms with van der Waals surface area (Å²) < 4.78 is 39.0. The summed E-state index contributed by atoms with van der Waals surface area (Å²) in [5, 5.41) is 0. The second-order valence-corrected chi connectivity index (χ2v) is 9.43. The Morgan fingerprint density at radius 3 is 2.34 bits per heavy atom. The van der Waals surface area contributed by atoms with E-state index >= 15 is 0 Å². The van der Waals surface area contributed by atoms with Crippen LogP contribution in [0.5, 0.6) is 11.5 Å². The molecule has 4 rings (SSSR count). The van der Waals surface area contributed by atoms with Crippen LogP contribution in [0.4, 0.5) is 0 Å². The standard InChI is InChI=1S/C22H28N2O4S/c25-29(26,20-9-10-21-22(18-20)28-17-5-16-27-21)24-14-12-23(13-15-24)11-4-8-19-6-2-1-3-7-19/h1-3,6-7,9-10,18H,4-5,8,11-17H2. The second-order valence-electron chi connectivity index (χ2n) is 7.49. The van der Waals surface area contributed by atoms with Gasteiger partial charge in [0.1, 0.15) is 0 Å². The Morgan fingerprint density at radius 2 is 1.59 bits per heavy atom. The molecule has 2 aliphatic heterocycles. The van der Waals surface area contributed by atoms with Crippen LogP contribution in [-0.2, 0) is 16.4 Å². The third-order valence-electron chi connectivity index (χ3n) is 5.47. The van der Waals surface area contributed by atoms with Crippen molar-refractivity contribution in [2.45, 2.75) is 24.2 Å². The van der Waals surface area contributed by atoms with Crippen LogP contribution in [0.25, 0.3) is 0 Å². The van der Waals surface area contributed by atoms with Crippen molar-refractivity contribution in [3.63, 3.8) is 0 Å². The molecular weight excluding hydrogens is 388 g/mol. The number of sulfonamides is 1. The van der Waals surface area contributed by atoms with Gasteiger partial charge in [0.2, 0.25) is 10.0 Å². The number of nitrogens with zero attached hydrogens (tertiary/aromatic N) is 2. The minimum Gasteiger partial charge on any atom is -0.490 e. The molecule has 0 amide bonds. The number of hydrogen-bond acceptors (Lipinski definition) is 5. The van der Waals surface area contributed by atoms with E-state index < -0.39 is 10.0 Å². The molecule has 1 fully saturated rings. The molecule has 29 heavy (non-hydrogen) atoms. The summed E-state index contributed by atoms with van der Waals surface area (Å²) in [5.41, 5.74) is 1.35. The first-order valence-electron chi connectivity index (χ1n) is 10.3. The molecule has 0 aromatic heterocycles. The Morgan fingerprint density at radius 1 is 0.862 bits per heavy atom. The maximum atomic E-state index is 13.1. The van der Waals surface area contributed by atoms with Gasteiger partial charge in [0.15, 0.2) is 11.5 Å². The monoisotopic (exact) mass is 416 g/mol. The van der Waals surface area contributed by atoms with Gasteiger partial charge in [0.05, 0.1) is 18.1 Å². The lowest BCUT2D eigenvalue weighted by molar-refractivity contribution is 0.187. The number of rotatable bonds is 6. The molecule has 0 saturated carbocycles. The van der Waals surface area contributed by atoms with Gasteiger partial charge in [0, 0.05) is 38.7 Å². The van der Waals surface area contributed by atoms with Gasteiger partial charge < -0.3 is 14.4 Å². The first-order valence-corrected chi connectivity index (χ1v) is 11.7. The zero-order valence-corrected chi connectivity index (χ0v) is 17.4. The quantitative estimate of drug-likeness (QED) is 0.725. The van der Waals surface area contributed by atoms with Gasteiger partial charge >= 0.3 is 0 Å². The number of aryl methyl sites for hydroxylation is 1. The summed E-state index contributed by atoms with van der Waals surface area (Å²) in [5.74, 6) is 1.13. The van der Waals surface area contributed by atoms with Crippen LogP contribution in [0.3, 0.4) is 0 Å². The van der Waals surface area contributed by atoms with Crippen LogP contribution in [0.1, 0.15) is 18.4 Å². The zero-order valence-electron chi connectivity index (χ0n) is 16.6. The molecule has 0 radical (unpaired) electrons. The third-order valence-corrected chi connectivity index (χ3v) is 7.37. The molecule has 0 bridgehead atoms. The van der Waals surface area contributed by atoms with Gasteiger partial charge in [-0.05, 0) is 37.1 Å². The van der Waals surface area contributed by atoms with E-state index in [0.29, 0.717) is 37.8 Å². The van der Waals surface area contributed by atoms with Crippen LogP contribution in [0.15, 0.2) is 53.4 Å². The average Bonchev–Trinajstić information content (AvgIpc) is 3.00. The molecule has 2 aliphatic rings. The third kappa shape index (κ3) is 4.91. The topological polar surface area (TPSA) is 59.1 Å². The van der Waals surface area contributed by atoms with E-state index in [1.165, 1.54) is 5.56 Å². The van der Waals surface area contributed by atoms with E-state index in [-0.39, 0.29) is 4.90 Å². The second kappa shape index (κ2) is 9.15. The van der Waals surface area contributed by atoms with Crippen LogP contribution in [0.2, 0.25) is 0 Å². The van der Waals surface area contributed by atoms with E-state index in [1.807, 2.05) is 6.07 Å². The lowest BCUT2D eigenvalue weighted by Crippen LogP contribution is -2.48. The highest BCUT2D eigenvalue weighted by Gasteiger charge is 2.29. The van der Waals surface area contributed by atoms with Crippen molar-refractivity contribution in [2.24, 2.45) is 0 Å². The highest BCUT2D eigenvalue weighted by molar-refractivity contribution is 7.89. The van der Waals surface area contributed by atoms with Crippen molar-refractivity contribution in [1.82, 2.24) is 9.21 Å². The molecule has 7 heteroatoms. The maximum absolute atomic E-state index is 13.1. The van der Waals surface area contributed by atoms with Crippen molar-refractivity contribution < 1.29 is 17.9 Å². The molecule has 1 saturated heterocycles. The average molecular weight is 417 g/mol. The molecule has 0 aliphatic carbocycles. The molecular formula is C22H28N2O4S. The molecule has 156 valence electrons. The lowest BCUT2D eigenvalue weighted by Gasteiger charge is -2.34. The minimum atomic E-state index is -3.52. The SMILES string of the molecule is O=S(=O)(c1ccc2c(c1)OCCCO2)N1CCN(CCCc2ccccc2)CC1. The van der Waals surface area contributed by atoms with Gasteiger partial charge in [-0.1, -0.05) is 30.3 Å². The Hall–Kier alpha value is -2.09. The predicted molar refractivity (Wildman–Crippen MR) is 112 cm³/mol. The first kappa shape index (κ1) is 20.2. The minimum absolute atomic E-state index is 0.277. The fourth-order valence-corrected chi connectivity index (χ4v) is 5.24. The predicted octanol–water partition coefficient (Wildman–Crippen LogP) is 2.79. The smallest absolute Gasteiger partial charge is 0.243 e. The van der Waals surface area contributed by atoms with Crippen LogP contribution in [0, 0.1) is 0 Å². The summed E-state index contributed by atoms with van der Waals surface area (Å²) in [4.78, 5) is 2.63.